The van der Waals surface area contributed by atoms with Gasteiger partial charge in [0.25, 0.3) is 0 Å². The molecular formula is C19H26N4O2S. The highest BCUT2D eigenvalue weighted by molar-refractivity contribution is 7.15. The van der Waals surface area contributed by atoms with Gasteiger partial charge in [0, 0.05) is 49.0 Å². The molecule has 0 radical (unpaired) electrons. The summed E-state index contributed by atoms with van der Waals surface area (Å²) in [7, 11) is 0. The Kier molecular flexibility index (Phi) is 6.34. The minimum atomic E-state index is -0.0860. The number of carbonyl (C=O) groups excluding carboxylic acids is 1. The maximum atomic E-state index is 11.1. The smallest absolute Gasteiger partial charge is 0.223 e. The van der Waals surface area contributed by atoms with E-state index in [-0.39, 0.29) is 5.91 Å². The predicted octanol–water partition coefficient (Wildman–Crippen LogP) is 2.80. The summed E-state index contributed by atoms with van der Waals surface area (Å²) in [6, 6.07) is 4.34. The molecular weight excluding hydrogens is 348 g/mol. The van der Waals surface area contributed by atoms with Crippen molar-refractivity contribution in [2.75, 3.05) is 31.6 Å². The van der Waals surface area contributed by atoms with E-state index in [4.69, 9.17) is 4.74 Å². The van der Waals surface area contributed by atoms with Gasteiger partial charge in [-0.05, 0) is 43.9 Å². The van der Waals surface area contributed by atoms with Gasteiger partial charge < -0.3 is 10.1 Å². The molecule has 1 aliphatic rings. The lowest BCUT2D eigenvalue weighted by atomic mass is 9.99. The van der Waals surface area contributed by atoms with Crippen molar-refractivity contribution in [2.45, 2.75) is 33.7 Å². The summed E-state index contributed by atoms with van der Waals surface area (Å²) in [5.41, 5.74) is 3.47. The van der Waals surface area contributed by atoms with Crippen LogP contribution in [0.3, 0.4) is 0 Å². The Bertz CT molecular complexity index is 741. The Morgan fingerprint density at radius 3 is 2.88 bits per heavy atom. The van der Waals surface area contributed by atoms with Crippen molar-refractivity contribution in [1.82, 2.24) is 14.9 Å². The average molecular weight is 375 g/mol. The van der Waals surface area contributed by atoms with Crippen LogP contribution < -0.4 is 5.32 Å². The van der Waals surface area contributed by atoms with Crippen molar-refractivity contribution in [1.29, 1.82) is 0 Å². The van der Waals surface area contributed by atoms with E-state index in [0.29, 0.717) is 11.0 Å². The maximum absolute atomic E-state index is 11.1. The molecule has 1 saturated heterocycles. The first-order valence-electron chi connectivity index (χ1n) is 8.94. The Morgan fingerprint density at radius 2 is 2.15 bits per heavy atom. The molecule has 2 aromatic heterocycles. The predicted molar refractivity (Wildman–Crippen MR) is 103 cm³/mol. The fourth-order valence-corrected chi connectivity index (χ4v) is 4.30. The van der Waals surface area contributed by atoms with Crippen LogP contribution in [0.2, 0.25) is 0 Å². The molecule has 6 nitrogen and oxygen atoms in total. The lowest BCUT2D eigenvalue weighted by Crippen LogP contribution is -2.30. The van der Waals surface area contributed by atoms with E-state index in [1.165, 1.54) is 23.8 Å². The number of rotatable bonds is 5. The summed E-state index contributed by atoms with van der Waals surface area (Å²) >= 11 is 1.54. The molecule has 1 atom stereocenters. The number of carbonyl (C=O) groups is 1. The van der Waals surface area contributed by atoms with Crippen molar-refractivity contribution < 1.29 is 9.53 Å². The molecule has 0 spiro atoms. The SMILES string of the molecule is CC(=O)Nc1ncc(CN2CCOCC(Cc3cc(C)nc(C)c3)C2)s1. The van der Waals surface area contributed by atoms with Gasteiger partial charge in [-0.15, -0.1) is 11.3 Å². The molecule has 3 rings (SSSR count). The summed E-state index contributed by atoms with van der Waals surface area (Å²) in [5.74, 6) is 0.374. The minimum Gasteiger partial charge on any atom is -0.380 e. The summed E-state index contributed by atoms with van der Waals surface area (Å²) in [4.78, 5) is 23.5. The molecule has 0 aromatic carbocycles. The molecule has 0 aliphatic carbocycles. The van der Waals surface area contributed by atoms with Crippen LogP contribution in [0.1, 0.15) is 28.8 Å². The third kappa shape index (κ3) is 5.59. The van der Waals surface area contributed by atoms with Crippen LogP contribution in [0.4, 0.5) is 5.13 Å². The molecule has 1 unspecified atom stereocenters. The number of nitrogens with one attached hydrogen (secondary N) is 1. The third-order valence-electron chi connectivity index (χ3n) is 4.30. The molecule has 26 heavy (non-hydrogen) atoms. The van der Waals surface area contributed by atoms with Crippen molar-refractivity contribution in [2.24, 2.45) is 5.92 Å². The molecule has 1 aliphatic heterocycles. The van der Waals surface area contributed by atoms with Crippen molar-refractivity contribution >= 4 is 22.4 Å². The number of aryl methyl sites for hydroxylation is 2. The fraction of sp³-hybridized carbons (Fsp3) is 0.526. The molecule has 1 amide bonds. The van der Waals surface area contributed by atoms with Crippen LogP contribution in [0.15, 0.2) is 18.3 Å². The number of nitrogens with zero attached hydrogens (tertiary/aromatic N) is 3. The van der Waals surface area contributed by atoms with E-state index in [1.807, 2.05) is 20.0 Å². The second-order valence-corrected chi connectivity index (χ2v) is 8.07. The monoisotopic (exact) mass is 374 g/mol. The summed E-state index contributed by atoms with van der Waals surface area (Å²) < 4.78 is 5.84. The highest BCUT2D eigenvalue weighted by Crippen LogP contribution is 2.22. The largest absolute Gasteiger partial charge is 0.380 e. The van der Waals surface area contributed by atoms with Crippen LogP contribution in [0, 0.1) is 19.8 Å². The Balaban J connectivity index is 1.61. The normalized spacial score (nSPS) is 18.5. The number of anilines is 1. The van der Waals surface area contributed by atoms with Gasteiger partial charge in [-0.25, -0.2) is 4.98 Å². The van der Waals surface area contributed by atoms with Crippen LogP contribution >= 0.6 is 11.3 Å². The molecule has 1 fully saturated rings. The topological polar surface area (TPSA) is 67.4 Å². The molecule has 2 aromatic rings. The molecule has 140 valence electrons. The zero-order chi connectivity index (χ0) is 18.5. The number of ether oxygens (including phenoxy) is 1. The summed E-state index contributed by atoms with van der Waals surface area (Å²) in [6.07, 6.45) is 2.85. The Morgan fingerprint density at radius 1 is 1.38 bits per heavy atom. The van der Waals surface area contributed by atoms with E-state index in [1.54, 1.807) is 0 Å². The zero-order valence-corrected chi connectivity index (χ0v) is 16.4. The van der Waals surface area contributed by atoms with Gasteiger partial charge in [0.15, 0.2) is 5.13 Å². The molecule has 1 N–H and O–H groups in total. The van der Waals surface area contributed by atoms with E-state index in [0.717, 1.165) is 55.5 Å². The first kappa shape index (κ1) is 18.9. The van der Waals surface area contributed by atoms with Gasteiger partial charge in [0.2, 0.25) is 5.91 Å². The van der Waals surface area contributed by atoms with Gasteiger partial charge in [-0.3, -0.25) is 14.7 Å². The quantitative estimate of drug-likeness (QED) is 0.872. The molecule has 0 saturated carbocycles. The second-order valence-electron chi connectivity index (χ2n) is 6.95. The van der Waals surface area contributed by atoms with E-state index < -0.39 is 0 Å². The molecule has 7 heteroatoms. The molecule has 3 heterocycles. The van der Waals surface area contributed by atoms with Crippen LogP contribution in [0.25, 0.3) is 0 Å². The highest BCUT2D eigenvalue weighted by Gasteiger charge is 2.20. The summed E-state index contributed by atoms with van der Waals surface area (Å²) in [6.45, 7) is 9.88. The van der Waals surface area contributed by atoms with Crippen molar-refractivity contribution in [3.8, 4) is 0 Å². The fourth-order valence-electron chi connectivity index (χ4n) is 3.40. The van der Waals surface area contributed by atoms with Gasteiger partial charge in [-0.2, -0.15) is 0 Å². The standard InChI is InChI=1S/C19H26N4O2S/c1-13-6-16(7-14(2)21-13)8-17-10-23(4-5-25-12-17)11-18-9-20-19(26-18)22-15(3)24/h6-7,9,17H,4-5,8,10-12H2,1-3H3,(H,20,22,24). The lowest BCUT2D eigenvalue weighted by molar-refractivity contribution is -0.114. The van der Waals surface area contributed by atoms with Crippen LogP contribution in [0.5, 0.6) is 0 Å². The zero-order valence-electron chi connectivity index (χ0n) is 15.6. The van der Waals surface area contributed by atoms with Crippen molar-refractivity contribution in [3.05, 3.63) is 40.2 Å². The third-order valence-corrected chi connectivity index (χ3v) is 5.20. The first-order chi connectivity index (χ1) is 12.5. The highest BCUT2D eigenvalue weighted by atomic mass is 32.1. The lowest BCUT2D eigenvalue weighted by Gasteiger charge is -2.22. The number of hydrogen-bond donors (Lipinski definition) is 1. The minimum absolute atomic E-state index is 0.0860. The first-order valence-corrected chi connectivity index (χ1v) is 9.76. The van der Waals surface area contributed by atoms with E-state index in [2.05, 4.69) is 32.3 Å². The Labute approximate surface area is 158 Å². The number of thiazole rings is 1. The number of pyridine rings is 1. The number of aromatic nitrogens is 2. The second kappa shape index (κ2) is 8.70. The number of hydrogen-bond acceptors (Lipinski definition) is 6. The van der Waals surface area contributed by atoms with Gasteiger partial charge in [0.1, 0.15) is 0 Å². The maximum Gasteiger partial charge on any atom is 0.223 e. The van der Waals surface area contributed by atoms with E-state index >= 15 is 0 Å². The van der Waals surface area contributed by atoms with Crippen molar-refractivity contribution in [3.63, 3.8) is 0 Å². The van der Waals surface area contributed by atoms with Gasteiger partial charge in [0.05, 0.1) is 13.2 Å². The van der Waals surface area contributed by atoms with Crippen LogP contribution in [-0.4, -0.2) is 47.1 Å². The number of amides is 1. The van der Waals surface area contributed by atoms with Gasteiger partial charge >= 0.3 is 0 Å². The average Bonchev–Trinajstić information content (AvgIpc) is 2.84. The van der Waals surface area contributed by atoms with Gasteiger partial charge in [-0.1, -0.05) is 0 Å². The summed E-state index contributed by atoms with van der Waals surface area (Å²) in [5, 5.41) is 3.41. The van der Waals surface area contributed by atoms with E-state index in [9.17, 15) is 4.79 Å². The molecule has 0 bridgehead atoms. The Hall–Kier alpha value is -1.83. The van der Waals surface area contributed by atoms with Crippen LogP contribution in [-0.2, 0) is 22.5 Å².